The molecular formula is C14H23N3O3. The molecule has 6 nitrogen and oxygen atoms in total. The molecule has 0 amide bonds. The van der Waals surface area contributed by atoms with Crippen LogP contribution in [0.4, 0.5) is 0 Å². The molecule has 1 saturated carbocycles. The number of rotatable bonds is 5. The predicted octanol–water partition coefficient (Wildman–Crippen LogP) is 1.70. The second-order valence-electron chi connectivity index (χ2n) is 6.02. The van der Waals surface area contributed by atoms with Gasteiger partial charge in [-0.05, 0) is 32.6 Å². The van der Waals surface area contributed by atoms with Crippen LogP contribution in [0.5, 0.6) is 0 Å². The normalized spacial score (nSPS) is 25.4. The van der Waals surface area contributed by atoms with Crippen molar-refractivity contribution in [3.05, 3.63) is 11.7 Å². The summed E-state index contributed by atoms with van der Waals surface area (Å²) in [6, 6.07) is 0. The van der Waals surface area contributed by atoms with E-state index < -0.39 is 11.1 Å². The Hall–Kier alpha value is -0.980. The average Bonchev–Trinajstić information content (AvgIpc) is 3.17. The molecule has 2 heterocycles. The number of nitrogens with two attached hydrogens (primary N) is 1. The van der Waals surface area contributed by atoms with E-state index in [1.54, 1.807) is 0 Å². The molecule has 2 aliphatic rings. The number of nitrogens with zero attached hydrogens (tertiary/aromatic N) is 2. The van der Waals surface area contributed by atoms with Crippen LogP contribution in [-0.2, 0) is 20.6 Å². The van der Waals surface area contributed by atoms with Gasteiger partial charge in [0.15, 0.2) is 0 Å². The maximum absolute atomic E-state index is 6.34. The zero-order valence-electron chi connectivity index (χ0n) is 12.2. The Balaban J connectivity index is 1.86. The summed E-state index contributed by atoms with van der Waals surface area (Å²) in [5, 5.41) is 4.16. The van der Waals surface area contributed by atoms with E-state index >= 15 is 0 Å². The Morgan fingerprint density at radius 1 is 1.40 bits per heavy atom. The minimum Gasteiger partial charge on any atom is -0.381 e. The Kier molecular flexibility index (Phi) is 3.56. The molecule has 0 bridgehead atoms. The largest absolute Gasteiger partial charge is 0.381 e. The quantitative estimate of drug-likeness (QED) is 0.884. The smallest absolute Gasteiger partial charge is 0.246 e. The molecule has 1 unspecified atom stereocenters. The van der Waals surface area contributed by atoms with Crippen LogP contribution in [0.3, 0.4) is 0 Å². The van der Waals surface area contributed by atoms with Crippen molar-refractivity contribution in [2.75, 3.05) is 19.8 Å². The molecule has 112 valence electrons. The summed E-state index contributed by atoms with van der Waals surface area (Å²) < 4.78 is 16.8. The van der Waals surface area contributed by atoms with Crippen LogP contribution in [-0.4, -0.2) is 30.0 Å². The van der Waals surface area contributed by atoms with E-state index in [2.05, 4.69) is 10.1 Å². The van der Waals surface area contributed by atoms with E-state index in [1.807, 2.05) is 13.8 Å². The van der Waals surface area contributed by atoms with Crippen molar-refractivity contribution in [2.24, 2.45) is 11.7 Å². The highest BCUT2D eigenvalue weighted by atomic mass is 16.5. The third-order valence-electron chi connectivity index (χ3n) is 4.44. The van der Waals surface area contributed by atoms with Gasteiger partial charge in [0.2, 0.25) is 11.7 Å². The van der Waals surface area contributed by atoms with Crippen molar-refractivity contribution in [1.29, 1.82) is 0 Å². The lowest BCUT2D eigenvalue weighted by atomic mass is 9.92. The lowest BCUT2D eigenvalue weighted by molar-refractivity contribution is -0.118. The Labute approximate surface area is 119 Å². The molecule has 0 spiro atoms. The number of aromatic nitrogens is 2. The van der Waals surface area contributed by atoms with Gasteiger partial charge in [-0.3, -0.25) is 0 Å². The minimum absolute atomic E-state index is 0.452. The van der Waals surface area contributed by atoms with Gasteiger partial charge in [-0.15, -0.1) is 0 Å². The molecule has 3 rings (SSSR count). The lowest BCUT2D eigenvalue weighted by Gasteiger charge is -2.33. The van der Waals surface area contributed by atoms with Crippen LogP contribution in [0.2, 0.25) is 0 Å². The monoisotopic (exact) mass is 281 g/mol. The van der Waals surface area contributed by atoms with Gasteiger partial charge in [0.1, 0.15) is 5.60 Å². The van der Waals surface area contributed by atoms with E-state index in [0.29, 0.717) is 37.5 Å². The van der Waals surface area contributed by atoms with E-state index in [-0.39, 0.29) is 0 Å². The van der Waals surface area contributed by atoms with Crippen LogP contribution >= 0.6 is 0 Å². The first-order valence-electron chi connectivity index (χ1n) is 7.44. The molecule has 1 aromatic rings. The first kappa shape index (κ1) is 14.0. The zero-order valence-corrected chi connectivity index (χ0v) is 12.2. The van der Waals surface area contributed by atoms with Crippen LogP contribution in [0.1, 0.15) is 51.2 Å². The van der Waals surface area contributed by atoms with Gasteiger partial charge >= 0.3 is 0 Å². The van der Waals surface area contributed by atoms with Crippen LogP contribution in [0, 0.1) is 5.92 Å². The van der Waals surface area contributed by atoms with Crippen LogP contribution < -0.4 is 5.73 Å². The zero-order chi connectivity index (χ0) is 14.2. The molecule has 0 aromatic carbocycles. The molecule has 1 atom stereocenters. The van der Waals surface area contributed by atoms with Gasteiger partial charge in [0.05, 0.1) is 5.54 Å². The van der Waals surface area contributed by atoms with E-state index in [4.69, 9.17) is 19.7 Å². The predicted molar refractivity (Wildman–Crippen MR) is 71.9 cm³/mol. The molecule has 6 heteroatoms. The van der Waals surface area contributed by atoms with Gasteiger partial charge in [-0.1, -0.05) is 5.16 Å². The number of hydrogen-bond donors (Lipinski definition) is 1. The van der Waals surface area contributed by atoms with Crippen molar-refractivity contribution >= 4 is 0 Å². The molecule has 20 heavy (non-hydrogen) atoms. The number of hydrogen-bond acceptors (Lipinski definition) is 6. The minimum atomic E-state index is -0.524. The molecular weight excluding hydrogens is 258 g/mol. The van der Waals surface area contributed by atoms with Crippen molar-refractivity contribution in [3.63, 3.8) is 0 Å². The summed E-state index contributed by atoms with van der Waals surface area (Å²) in [4.78, 5) is 4.57. The fraction of sp³-hybridized carbons (Fsp3) is 0.857. The molecule has 1 aliphatic carbocycles. The molecule has 0 radical (unpaired) electrons. The second-order valence-corrected chi connectivity index (χ2v) is 6.02. The van der Waals surface area contributed by atoms with E-state index in [9.17, 15) is 0 Å². The maximum Gasteiger partial charge on any atom is 0.246 e. The summed E-state index contributed by atoms with van der Waals surface area (Å²) in [5.41, 5.74) is 5.34. The van der Waals surface area contributed by atoms with Crippen LogP contribution in [0.15, 0.2) is 4.52 Å². The van der Waals surface area contributed by atoms with Gasteiger partial charge in [0.25, 0.3) is 0 Å². The molecule has 2 fully saturated rings. The molecule has 2 N–H and O–H groups in total. The van der Waals surface area contributed by atoms with Gasteiger partial charge < -0.3 is 19.7 Å². The Morgan fingerprint density at radius 3 is 2.70 bits per heavy atom. The second kappa shape index (κ2) is 5.09. The highest BCUT2D eigenvalue weighted by molar-refractivity contribution is 5.11. The Morgan fingerprint density at radius 2 is 2.10 bits per heavy atom. The summed E-state index contributed by atoms with van der Waals surface area (Å²) in [5.74, 6) is 1.60. The third-order valence-corrected chi connectivity index (χ3v) is 4.44. The summed E-state index contributed by atoms with van der Waals surface area (Å²) >= 11 is 0. The van der Waals surface area contributed by atoms with Gasteiger partial charge in [-0.2, -0.15) is 4.98 Å². The first-order valence-corrected chi connectivity index (χ1v) is 7.44. The fourth-order valence-corrected chi connectivity index (χ4v) is 2.89. The summed E-state index contributed by atoms with van der Waals surface area (Å²) in [7, 11) is 0. The average molecular weight is 281 g/mol. The summed E-state index contributed by atoms with van der Waals surface area (Å²) in [6.07, 6.45) is 3.78. The van der Waals surface area contributed by atoms with Crippen molar-refractivity contribution in [2.45, 2.75) is 50.7 Å². The first-order chi connectivity index (χ1) is 9.58. The lowest BCUT2D eigenvalue weighted by Crippen LogP contribution is -2.39. The van der Waals surface area contributed by atoms with E-state index in [0.717, 1.165) is 25.7 Å². The third kappa shape index (κ3) is 2.36. The molecule has 1 aliphatic heterocycles. The van der Waals surface area contributed by atoms with Crippen molar-refractivity contribution in [3.8, 4) is 0 Å². The fourth-order valence-electron chi connectivity index (χ4n) is 2.89. The SMILES string of the molecule is CCOC1(c2noc(C(C)(N)C3CC3)n2)CCOCC1. The number of ether oxygens (including phenoxy) is 2. The molecule has 1 aromatic heterocycles. The van der Waals surface area contributed by atoms with Gasteiger partial charge in [-0.25, -0.2) is 0 Å². The van der Waals surface area contributed by atoms with Crippen molar-refractivity contribution < 1.29 is 14.0 Å². The maximum atomic E-state index is 6.34. The Bertz CT molecular complexity index is 456. The highest BCUT2D eigenvalue weighted by Crippen LogP contribution is 2.44. The van der Waals surface area contributed by atoms with Crippen molar-refractivity contribution in [1.82, 2.24) is 10.1 Å². The van der Waals surface area contributed by atoms with E-state index in [1.165, 1.54) is 0 Å². The highest BCUT2D eigenvalue weighted by Gasteiger charge is 2.46. The van der Waals surface area contributed by atoms with Gasteiger partial charge in [0, 0.05) is 32.7 Å². The standard InChI is InChI=1S/C14H23N3O3/c1-3-19-14(6-8-18-9-7-14)11-16-12(20-17-11)13(2,15)10-4-5-10/h10H,3-9,15H2,1-2H3. The van der Waals surface area contributed by atoms with Crippen LogP contribution in [0.25, 0.3) is 0 Å². The summed E-state index contributed by atoms with van der Waals surface area (Å²) in [6.45, 7) is 5.89. The molecule has 1 saturated heterocycles. The topological polar surface area (TPSA) is 83.4 Å².